The zero-order chi connectivity index (χ0) is 10.8. The number of thiophene rings is 1. The van der Waals surface area contributed by atoms with E-state index in [1.807, 2.05) is 11.3 Å². The second-order valence-corrected chi connectivity index (χ2v) is 5.20. The molecule has 0 bridgehead atoms. The highest BCUT2D eigenvalue weighted by Crippen LogP contribution is 2.30. The first-order valence-electron chi connectivity index (χ1n) is 5.77. The molecule has 1 aromatic heterocycles. The van der Waals surface area contributed by atoms with Gasteiger partial charge >= 0.3 is 0 Å². The van der Waals surface area contributed by atoms with Gasteiger partial charge in [0.15, 0.2) is 0 Å². The maximum atomic E-state index is 3.62. The molecule has 0 aliphatic carbocycles. The molecule has 1 aliphatic heterocycles. The summed E-state index contributed by atoms with van der Waals surface area (Å²) in [5.74, 6) is 0. The molecule has 1 aliphatic rings. The summed E-state index contributed by atoms with van der Waals surface area (Å²) in [4.78, 5) is 1.54. The molecule has 1 aromatic carbocycles. The van der Waals surface area contributed by atoms with Crippen LogP contribution >= 0.6 is 11.3 Å². The smallest absolute Gasteiger partial charge is 0.0458 e. The zero-order valence-electron chi connectivity index (χ0n) is 9.15. The van der Waals surface area contributed by atoms with Crippen LogP contribution < -0.4 is 5.32 Å². The van der Waals surface area contributed by atoms with E-state index in [4.69, 9.17) is 0 Å². The van der Waals surface area contributed by atoms with Crippen molar-refractivity contribution in [1.29, 1.82) is 0 Å². The van der Waals surface area contributed by atoms with Gasteiger partial charge in [-0.1, -0.05) is 30.3 Å². The Bertz CT molecular complexity index is 461. The van der Waals surface area contributed by atoms with Gasteiger partial charge < -0.3 is 5.32 Å². The van der Waals surface area contributed by atoms with Gasteiger partial charge in [-0.3, -0.25) is 0 Å². The van der Waals surface area contributed by atoms with E-state index in [2.05, 4.69) is 47.1 Å². The highest BCUT2D eigenvalue weighted by atomic mass is 32.1. The Balaban J connectivity index is 1.83. The van der Waals surface area contributed by atoms with Crippen LogP contribution in [0, 0.1) is 0 Å². The summed E-state index contributed by atoms with van der Waals surface area (Å²) in [6, 6.07) is 13.5. The molecule has 2 heteroatoms. The summed E-state index contributed by atoms with van der Waals surface area (Å²) in [7, 11) is 0. The number of hydrogen-bond acceptors (Lipinski definition) is 2. The van der Waals surface area contributed by atoms with Crippen molar-refractivity contribution < 1.29 is 0 Å². The molecule has 82 valence electrons. The molecule has 0 spiro atoms. The van der Waals surface area contributed by atoms with Crippen LogP contribution in [-0.2, 0) is 12.8 Å². The summed E-state index contributed by atoms with van der Waals surface area (Å²) < 4.78 is 0. The van der Waals surface area contributed by atoms with Gasteiger partial charge in [-0.05, 0) is 42.0 Å². The van der Waals surface area contributed by atoms with Crippen LogP contribution in [0.1, 0.15) is 22.0 Å². The molecule has 1 atom stereocenters. The predicted octanol–water partition coefficient (Wildman–Crippen LogP) is 3.18. The quantitative estimate of drug-likeness (QED) is 0.834. The zero-order valence-corrected chi connectivity index (χ0v) is 9.96. The third-order valence-corrected chi connectivity index (χ3v) is 4.24. The average molecular weight is 229 g/mol. The van der Waals surface area contributed by atoms with Crippen LogP contribution in [0.2, 0.25) is 0 Å². The highest BCUT2D eigenvalue weighted by Gasteiger charge is 2.20. The number of hydrogen-bond donors (Lipinski definition) is 1. The number of rotatable bonds is 2. The SMILES string of the molecule is c1ccc(C[C@H]2NCCc3ccsc32)cc1. The van der Waals surface area contributed by atoms with Crippen LogP contribution in [0.3, 0.4) is 0 Å². The van der Waals surface area contributed by atoms with Gasteiger partial charge in [0, 0.05) is 10.9 Å². The van der Waals surface area contributed by atoms with E-state index in [-0.39, 0.29) is 0 Å². The van der Waals surface area contributed by atoms with Gasteiger partial charge in [0.1, 0.15) is 0 Å². The topological polar surface area (TPSA) is 12.0 Å². The Morgan fingerprint density at radius 2 is 2.06 bits per heavy atom. The van der Waals surface area contributed by atoms with Crippen molar-refractivity contribution in [2.24, 2.45) is 0 Å². The summed E-state index contributed by atoms with van der Waals surface area (Å²) in [5, 5.41) is 5.84. The lowest BCUT2D eigenvalue weighted by atomic mass is 9.98. The standard InChI is InChI=1S/C14H15NS/c1-2-4-11(5-3-1)10-13-14-12(6-8-15-13)7-9-16-14/h1-5,7,9,13,15H,6,8,10H2/t13-/m1/s1. The third kappa shape index (κ3) is 1.91. The van der Waals surface area contributed by atoms with Crippen molar-refractivity contribution in [3.8, 4) is 0 Å². The van der Waals surface area contributed by atoms with Crippen molar-refractivity contribution >= 4 is 11.3 Å². The van der Waals surface area contributed by atoms with Crippen LogP contribution in [0.15, 0.2) is 41.8 Å². The third-order valence-electron chi connectivity index (χ3n) is 3.16. The molecule has 2 heterocycles. The number of benzene rings is 1. The Hall–Kier alpha value is -1.12. The lowest BCUT2D eigenvalue weighted by molar-refractivity contribution is 0.512. The van der Waals surface area contributed by atoms with Gasteiger partial charge in [-0.25, -0.2) is 0 Å². The van der Waals surface area contributed by atoms with E-state index in [1.54, 1.807) is 5.56 Å². The Morgan fingerprint density at radius 3 is 2.94 bits per heavy atom. The Labute approximate surface area is 100 Å². The first-order valence-corrected chi connectivity index (χ1v) is 6.65. The first-order chi connectivity index (χ1) is 7.93. The van der Waals surface area contributed by atoms with Crippen LogP contribution in [0.4, 0.5) is 0 Å². The largest absolute Gasteiger partial charge is 0.309 e. The average Bonchev–Trinajstić information content (AvgIpc) is 2.80. The molecule has 0 radical (unpaired) electrons. The number of fused-ring (bicyclic) bond motifs is 1. The Kier molecular flexibility index (Phi) is 2.77. The molecule has 1 nitrogen and oxygen atoms in total. The molecule has 3 rings (SSSR count). The molecule has 0 amide bonds. The van der Waals surface area contributed by atoms with Crippen LogP contribution in [-0.4, -0.2) is 6.54 Å². The van der Waals surface area contributed by atoms with Gasteiger partial charge in [0.25, 0.3) is 0 Å². The van der Waals surface area contributed by atoms with Crippen LogP contribution in [0.5, 0.6) is 0 Å². The van der Waals surface area contributed by atoms with E-state index in [0.717, 1.165) is 13.0 Å². The molecule has 0 unspecified atom stereocenters. The van der Waals surface area contributed by atoms with Gasteiger partial charge in [-0.2, -0.15) is 0 Å². The minimum absolute atomic E-state index is 0.520. The van der Waals surface area contributed by atoms with E-state index in [1.165, 1.54) is 16.9 Å². The van der Waals surface area contributed by atoms with Gasteiger partial charge in [-0.15, -0.1) is 11.3 Å². The molecule has 0 saturated carbocycles. The van der Waals surface area contributed by atoms with E-state index < -0.39 is 0 Å². The summed E-state index contributed by atoms with van der Waals surface area (Å²) in [6.45, 7) is 1.11. The Morgan fingerprint density at radius 1 is 1.19 bits per heavy atom. The minimum atomic E-state index is 0.520. The van der Waals surface area contributed by atoms with Crippen molar-refractivity contribution in [3.05, 3.63) is 57.8 Å². The molecule has 0 saturated heterocycles. The normalized spacial score (nSPS) is 19.4. The maximum Gasteiger partial charge on any atom is 0.0458 e. The second kappa shape index (κ2) is 4.40. The summed E-state index contributed by atoms with van der Waals surface area (Å²) in [6.07, 6.45) is 2.29. The number of nitrogens with one attached hydrogen (secondary N) is 1. The maximum absolute atomic E-state index is 3.62. The lowest BCUT2D eigenvalue weighted by Gasteiger charge is -2.24. The summed E-state index contributed by atoms with van der Waals surface area (Å²) >= 11 is 1.89. The lowest BCUT2D eigenvalue weighted by Crippen LogP contribution is -2.29. The molecular formula is C14H15NS. The molecular weight excluding hydrogens is 214 g/mol. The fraction of sp³-hybridized carbons (Fsp3) is 0.286. The van der Waals surface area contributed by atoms with E-state index >= 15 is 0 Å². The predicted molar refractivity (Wildman–Crippen MR) is 68.9 cm³/mol. The highest BCUT2D eigenvalue weighted by molar-refractivity contribution is 7.10. The van der Waals surface area contributed by atoms with E-state index in [0.29, 0.717) is 6.04 Å². The van der Waals surface area contributed by atoms with Crippen molar-refractivity contribution in [2.45, 2.75) is 18.9 Å². The second-order valence-electron chi connectivity index (χ2n) is 4.26. The van der Waals surface area contributed by atoms with Gasteiger partial charge in [0.05, 0.1) is 0 Å². The summed E-state index contributed by atoms with van der Waals surface area (Å²) in [5.41, 5.74) is 2.96. The van der Waals surface area contributed by atoms with Crippen molar-refractivity contribution in [3.63, 3.8) is 0 Å². The minimum Gasteiger partial charge on any atom is -0.309 e. The fourth-order valence-corrected chi connectivity index (χ4v) is 3.38. The fourth-order valence-electron chi connectivity index (χ4n) is 2.35. The molecule has 0 fully saturated rings. The first kappa shape index (κ1) is 10.1. The van der Waals surface area contributed by atoms with E-state index in [9.17, 15) is 0 Å². The van der Waals surface area contributed by atoms with Crippen molar-refractivity contribution in [2.75, 3.05) is 6.54 Å². The molecule has 16 heavy (non-hydrogen) atoms. The van der Waals surface area contributed by atoms with Gasteiger partial charge in [0.2, 0.25) is 0 Å². The monoisotopic (exact) mass is 229 g/mol. The van der Waals surface area contributed by atoms with Crippen LogP contribution in [0.25, 0.3) is 0 Å². The molecule has 1 N–H and O–H groups in total. The molecule has 2 aromatic rings. The van der Waals surface area contributed by atoms with Crippen molar-refractivity contribution in [1.82, 2.24) is 5.32 Å².